The maximum atomic E-state index is 13.8. The van der Waals surface area contributed by atoms with Crippen LogP contribution in [0.1, 0.15) is 58.9 Å². The molecule has 8 nitrogen and oxygen atoms in total. The summed E-state index contributed by atoms with van der Waals surface area (Å²) < 4.78 is 33.3. The first-order valence-corrected chi connectivity index (χ1v) is 18.0. The van der Waals surface area contributed by atoms with E-state index in [0.717, 1.165) is 35.3 Å². The second-order valence-corrected chi connectivity index (χ2v) is 15.3. The summed E-state index contributed by atoms with van der Waals surface area (Å²) in [5.74, 6) is 0. The van der Waals surface area contributed by atoms with Crippen molar-refractivity contribution in [2.24, 2.45) is 4.99 Å². The SMILES string of the molecule is CCCCCCNC(=S)Nc1ccc(-c2cccc(S(=O)(=O)c3cc(/N=C/NC(=O)OC(C)(C)C)sc3SC)c2)c(C)c1. The van der Waals surface area contributed by atoms with E-state index >= 15 is 0 Å². The number of anilines is 1. The van der Waals surface area contributed by atoms with Gasteiger partial charge in [-0.25, -0.2) is 18.2 Å². The molecule has 43 heavy (non-hydrogen) atoms. The van der Waals surface area contributed by atoms with Crippen LogP contribution in [0.15, 0.2) is 67.5 Å². The molecule has 0 atom stereocenters. The van der Waals surface area contributed by atoms with Crippen LogP contribution in [0.2, 0.25) is 0 Å². The number of rotatable bonds is 12. The van der Waals surface area contributed by atoms with E-state index in [4.69, 9.17) is 17.0 Å². The van der Waals surface area contributed by atoms with Crippen molar-refractivity contribution in [2.45, 2.75) is 79.9 Å². The number of benzene rings is 2. The molecule has 0 spiro atoms. The highest BCUT2D eigenvalue weighted by atomic mass is 32.2. The molecule has 232 valence electrons. The van der Waals surface area contributed by atoms with E-state index in [9.17, 15) is 13.2 Å². The lowest BCUT2D eigenvalue weighted by Gasteiger charge is -2.18. The molecule has 0 aliphatic rings. The van der Waals surface area contributed by atoms with Crippen molar-refractivity contribution in [3.63, 3.8) is 0 Å². The predicted octanol–water partition coefficient (Wildman–Crippen LogP) is 8.33. The average molecular weight is 661 g/mol. The third-order valence-corrected chi connectivity index (χ3v) is 10.6. The molecule has 3 aromatic rings. The van der Waals surface area contributed by atoms with Gasteiger partial charge in [0.1, 0.15) is 10.6 Å². The third-order valence-electron chi connectivity index (χ3n) is 6.16. The number of thiophene rings is 1. The zero-order valence-electron chi connectivity index (χ0n) is 25.4. The van der Waals surface area contributed by atoms with Gasteiger partial charge in [-0.1, -0.05) is 44.4 Å². The van der Waals surface area contributed by atoms with Crippen LogP contribution in [0.4, 0.5) is 15.5 Å². The fourth-order valence-electron chi connectivity index (χ4n) is 4.15. The Morgan fingerprint density at radius 1 is 1.12 bits per heavy atom. The first kappa shape index (κ1) is 34.6. The van der Waals surface area contributed by atoms with Crippen molar-refractivity contribution in [2.75, 3.05) is 18.1 Å². The lowest BCUT2D eigenvalue weighted by molar-refractivity contribution is 0.0565. The van der Waals surface area contributed by atoms with Crippen molar-refractivity contribution in [3.8, 4) is 11.1 Å². The number of hydrogen-bond acceptors (Lipinski definition) is 8. The van der Waals surface area contributed by atoms with Crippen LogP contribution in [0.5, 0.6) is 0 Å². The average Bonchev–Trinajstić information content (AvgIpc) is 3.36. The fraction of sp³-hybridized carbons (Fsp3) is 0.387. The van der Waals surface area contributed by atoms with Gasteiger partial charge in [0, 0.05) is 12.2 Å². The molecule has 0 bridgehead atoms. The van der Waals surface area contributed by atoms with Crippen molar-refractivity contribution < 1.29 is 17.9 Å². The lowest BCUT2D eigenvalue weighted by atomic mass is 10.00. The molecule has 0 radical (unpaired) electrons. The highest BCUT2D eigenvalue weighted by molar-refractivity contribution is 8.01. The van der Waals surface area contributed by atoms with Crippen molar-refractivity contribution in [3.05, 3.63) is 54.1 Å². The normalized spacial score (nSPS) is 11.9. The quantitative estimate of drug-likeness (QED) is 0.0585. The molecule has 0 aliphatic heterocycles. The summed E-state index contributed by atoms with van der Waals surface area (Å²) in [5, 5.41) is 9.97. The molecule has 0 aliphatic carbocycles. The zero-order valence-corrected chi connectivity index (χ0v) is 28.7. The number of nitrogens with zero attached hydrogens (tertiary/aromatic N) is 1. The number of unbranched alkanes of at least 4 members (excludes halogenated alkanes) is 3. The first-order valence-electron chi connectivity index (χ1n) is 14.0. The molecule has 2 aromatic carbocycles. The van der Waals surface area contributed by atoms with Crippen LogP contribution in [-0.2, 0) is 14.6 Å². The van der Waals surface area contributed by atoms with Crippen molar-refractivity contribution in [1.29, 1.82) is 0 Å². The summed E-state index contributed by atoms with van der Waals surface area (Å²) in [6.45, 7) is 10.3. The molecule has 3 N–H and O–H groups in total. The predicted molar refractivity (Wildman–Crippen MR) is 184 cm³/mol. The van der Waals surface area contributed by atoms with Crippen LogP contribution in [0.25, 0.3) is 11.1 Å². The molecule has 0 saturated heterocycles. The Bertz CT molecular complexity index is 1560. The molecule has 0 saturated carbocycles. The Hall–Kier alpha value is -2.93. The molecule has 3 rings (SSSR count). The summed E-state index contributed by atoms with van der Waals surface area (Å²) in [4.78, 5) is 16.5. The molecule has 12 heteroatoms. The molecule has 1 aromatic heterocycles. The number of aryl methyl sites for hydroxylation is 1. The fourth-order valence-corrected chi connectivity index (χ4v) is 8.24. The largest absolute Gasteiger partial charge is 0.444 e. The second-order valence-electron chi connectivity index (χ2n) is 10.8. The van der Waals surface area contributed by atoms with Gasteiger partial charge in [-0.05, 0) is 99.6 Å². The topological polar surface area (TPSA) is 109 Å². The third kappa shape index (κ3) is 10.3. The van der Waals surface area contributed by atoms with Gasteiger partial charge in [-0.3, -0.25) is 5.32 Å². The molecule has 0 unspecified atom stereocenters. The zero-order chi connectivity index (χ0) is 31.6. The van der Waals surface area contributed by atoms with Gasteiger partial charge in [0.05, 0.1) is 20.3 Å². The maximum Gasteiger partial charge on any atom is 0.412 e. The number of ether oxygens (including phenoxy) is 1. The highest BCUT2D eigenvalue weighted by Crippen LogP contribution is 2.41. The van der Waals surface area contributed by atoms with Gasteiger partial charge in [0.15, 0.2) is 5.11 Å². The molecule has 1 heterocycles. The summed E-state index contributed by atoms with van der Waals surface area (Å²) in [6, 6.07) is 14.4. The van der Waals surface area contributed by atoms with E-state index < -0.39 is 21.5 Å². The Morgan fingerprint density at radius 2 is 1.88 bits per heavy atom. The van der Waals surface area contributed by atoms with Crippen LogP contribution < -0.4 is 16.0 Å². The number of thiocarbonyl (C=S) groups is 1. The van der Waals surface area contributed by atoms with Gasteiger partial charge >= 0.3 is 6.09 Å². The standard InChI is InChI=1S/C31H40N4O4S4/c1-7-8-9-10-16-32-29(40)35-23-14-15-25(21(2)17-23)22-12-11-13-24(18-22)43(37,38)26-19-27(42-28(26)41-6)33-20-34-30(36)39-31(3,4)5/h11-15,17-20H,7-10,16H2,1-6H3,(H2,32,35,40)(H,33,34,36). The second kappa shape index (κ2) is 15.7. The van der Waals surface area contributed by atoms with Gasteiger partial charge in [0.2, 0.25) is 9.84 Å². The van der Waals surface area contributed by atoms with Crippen molar-refractivity contribution in [1.82, 2.24) is 10.6 Å². The minimum Gasteiger partial charge on any atom is -0.444 e. The lowest BCUT2D eigenvalue weighted by Crippen LogP contribution is -2.31. The van der Waals surface area contributed by atoms with Crippen molar-refractivity contribution >= 4 is 73.4 Å². The van der Waals surface area contributed by atoms with Crippen LogP contribution >= 0.6 is 35.3 Å². The monoisotopic (exact) mass is 660 g/mol. The smallest absolute Gasteiger partial charge is 0.412 e. The van der Waals surface area contributed by atoms with E-state index in [2.05, 4.69) is 27.9 Å². The highest BCUT2D eigenvalue weighted by Gasteiger charge is 2.25. The van der Waals surface area contributed by atoms with Crippen LogP contribution in [-0.4, -0.2) is 44.4 Å². The Morgan fingerprint density at radius 3 is 2.56 bits per heavy atom. The van der Waals surface area contributed by atoms with Crippen LogP contribution in [0, 0.1) is 6.92 Å². The van der Waals surface area contributed by atoms with Gasteiger partial charge in [-0.15, -0.1) is 23.1 Å². The van der Waals surface area contributed by atoms with Gasteiger partial charge < -0.3 is 15.4 Å². The van der Waals surface area contributed by atoms with E-state index in [1.807, 2.05) is 37.4 Å². The number of carbonyl (C=O) groups is 1. The number of nitrogens with one attached hydrogen (secondary N) is 3. The Kier molecular flexibility index (Phi) is 12.6. The Balaban J connectivity index is 1.76. The number of carbonyl (C=O) groups excluding carboxylic acids is 1. The number of aliphatic imine (C=N–C) groups is 1. The van der Waals surface area contributed by atoms with E-state index in [1.165, 1.54) is 54.8 Å². The number of sulfone groups is 1. The summed E-state index contributed by atoms with van der Waals surface area (Å²) in [7, 11) is -3.84. The van der Waals surface area contributed by atoms with Crippen LogP contribution in [0.3, 0.4) is 0 Å². The Labute approximate surface area is 269 Å². The van der Waals surface area contributed by atoms with E-state index in [-0.39, 0.29) is 9.79 Å². The first-order chi connectivity index (χ1) is 20.3. The molecular formula is C31H40N4O4S4. The summed E-state index contributed by atoms with van der Waals surface area (Å²) in [6.07, 6.45) is 7.07. The molecule has 0 fully saturated rings. The van der Waals surface area contributed by atoms with E-state index in [0.29, 0.717) is 14.3 Å². The minimum atomic E-state index is -3.84. The van der Waals surface area contributed by atoms with Gasteiger partial charge in [0.25, 0.3) is 0 Å². The summed E-state index contributed by atoms with van der Waals surface area (Å²) >= 11 is 8.01. The summed E-state index contributed by atoms with van der Waals surface area (Å²) in [5.41, 5.74) is 2.93. The number of hydrogen-bond donors (Lipinski definition) is 3. The van der Waals surface area contributed by atoms with Gasteiger partial charge in [-0.2, -0.15) is 0 Å². The number of thioether (sulfide) groups is 1. The van der Waals surface area contributed by atoms with E-state index in [1.54, 1.807) is 39.0 Å². The number of alkyl carbamates (subject to hydrolysis) is 1. The number of amides is 1. The maximum absolute atomic E-state index is 13.8. The molecular weight excluding hydrogens is 621 g/mol. The minimum absolute atomic E-state index is 0.179. The molecule has 1 amide bonds.